The van der Waals surface area contributed by atoms with Crippen molar-refractivity contribution < 1.29 is 0 Å². The van der Waals surface area contributed by atoms with Crippen molar-refractivity contribution in [1.29, 1.82) is 5.26 Å². The van der Waals surface area contributed by atoms with Crippen LogP contribution in [-0.2, 0) is 5.41 Å². The van der Waals surface area contributed by atoms with Crippen LogP contribution in [0.3, 0.4) is 0 Å². The number of benzene rings is 1. The lowest BCUT2D eigenvalue weighted by atomic mass is 9.64. The Hall–Kier alpha value is -1.000. The molecule has 1 aromatic rings. The zero-order chi connectivity index (χ0) is 11.1. The molecular formula is C13H14ClN. The van der Waals surface area contributed by atoms with Crippen molar-refractivity contribution in [2.45, 2.75) is 38.5 Å². The van der Waals surface area contributed by atoms with E-state index in [1.54, 1.807) is 0 Å². The fraction of sp³-hybridized carbons (Fsp3) is 0.462. The van der Waals surface area contributed by atoms with Gasteiger partial charge in [0, 0.05) is 5.02 Å². The first-order valence-electron chi connectivity index (χ1n) is 5.27. The molecule has 0 unspecified atom stereocenters. The summed E-state index contributed by atoms with van der Waals surface area (Å²) in [6.07, 6.45) is 3.14. The lowest BCUT2D eigenvalue weighted by Crippen LogP contribution is -2.33. The second kappa shape index (κ2) is 3.54. The molecule has 2 heteroatoms. The number of hydrogen-bond acceptors (Lipinski definition) is 1. The molecule has 0 radical (unpaired) electrons. The molecule has 1 nitrogen and oxygen atoms in total. The normalized spacial score (nSPS) is 18.0. The molecule has 1 aliphatic carbocycles. The van der Waals surface area contributed by atoms with Gasteiger partial charge in [-0.3, -0.25) is 0 Å². The second-order valence-corrected chi connectivity index (χ2v) is 4.87. The molecule has 1 aromatic carbocycles. The molecule has 0 aliphatic heterocycles. The van der Waals surface area contributed by atoms with Crippen LogP contribution in [0, 0.1) is 25.2 Å². The summed E-state index contributed by atoms with van der Waals surface area (Å²) in [5.74, 6) is 0. The Morgan fingerprint density at radius 1 is 1.27 bits per heavy atom. The van der Waals surface area contributed by atoms with E-state index in [-0.39, 0.29) is 5.41 Å². The van der Waals surface area contributed by atoms with Gasteiger partial charge in [0.05, 0.1) is 11.5 Å². The van der Waals surface area contributed by atoms with Gasteiger partial charge in [0.25, 0.3) is 0 Å². The van der Waals surface area contributed by atoms with Crippen LogP contribution >= 0.6 is 11.6 Å². The van der Waals surface area contributed by atoms with E-state index in [0.717, 1.165) is 35.4 Å². The van der Waals surface area contributed by atoms with Crippen LogP contribution < -0.4 is 0 Å². The highest BCUT2D eigenvalue weighted by atomic mass is 35.5. The third kappa shape index (κ3) is 1.54. The van der Waals surface area contributed by atoms with Crippen LogP contribution in [0.25, 0.3) is 0 Å². The topological polar surface area (TPSA) is 23.8 Å². The van der Waals surface area contributed by atoms with Gasteiger partial charge >= 0.3 is 0 Å². The SMILES string of the molecule is Cc1cc(C2(C#N)CCC2)c(C)cc1Cl. The highest BCUT2D eigenvalue weighted by Crippen LogP contribution is 2.45. The molecule has 78 valence electrons. The van der Waals surface area contributed by atoms with Gasteiger partial charge in [0.1, 0.15) is 0 Å². The predicted octanol–water partition coefficient (Wildman–Crippen LogP) is 3.90. The largest absolute Gasteiger partial charge is 0.197 e. The minimum atomic E-state index is -0.223. The number of nitriles is 1. The lowest BCUT2D eigenvalue weighted by Gasteiger charge is -2.37. The summed E-state index contributed by atoms with van der Waals surface area (Å²) in [5, 5.41) is 10.1. The predicted molar refractivity (Wildman–Crippen MR) is 62.1 cm³/mol. The fourth-order valence-electron chi connectivity index (χ4n) is 2.27. The van der Waals surface area contributed by atoms with E-state index < -0.39 is 0 Å². The van der Waals surface area contributed by atoms with E-state index >= 15 is 0 Å². The van der Waals surface area contributed by atoms with Crippen molar-refractivity contribution in [1.82, 2.24) is 0 Å². The van der Waals surface area contributed by atoms with E-state index in [9.17, 15) is 5.26 Å². The molecule has 0 aromatic heterocycles. The van der Waals surface area contributed by atoms with Crippen LogP contribution in [0.4, 0.5) is 0 Å². The molecule has 0 bridgehead atoms. The Kier molecular flexibility index (Phi) is 2.48. The van der Waals surface area contributed by atoms with Crippen LogP contribution in [0.1, 0.15) is 36.0 Å². The van der Waals surface area contributed by atoms with E-state index in [2.05, 4.69) is 12.1 Å². The molecule has 0 spiro atoms. The minimum absolute atomic E-state index is 0.223. The first kappa shape index (κ1) is 10.5. The van der Waals surface area contributed by atoms with Crippen molar-refractivity contribution in [2.24, 2.45) is 0 Å². The van der Waals surface area contributed by atoms with Crippen molar-refractivity contribution in [2.75, 3.05) is 0 Å². The molecule has 2 rings (SSSR count). The van der Waals surface area contributed by atoms with Gasteiger partial charge in [-0.1, -0.05) is 17.7 Å². The Labute approximate surface area is 95.7 Å². The summed E-state index contributed by atoms with van der Waals surface area (Å²) in [6.45, 7) is 4.03. The Morgan fingerprint density at radius 2 is 1.93 bits per heavy atom. The Bertz CT molecular complexity index is 439. The van der Waals surface area contributed by atoms with E-state index in [0.29, 0.717) is 0 Å². The lowest BCUT2D eigenvalue weighted by molar-refractivity contribution is 0.322. The van der Waals surface area contributed by atoms with Crippen LogP contribution in [0.15, 0.2) is 12.1 Å². The molecule has 1 fully saturated rings. The number of halogens is 1. The van der Waals surface area contributed by atoms with Gasteiger partial charge in [-0.05, 0) is 55.9 Å². The molecule has 0 heterocycles. The molecule has 0 N–H and O–H groups in total. The monoisotopic (exact) mass is 219 g/mol. The van der Waals surface area contributed by atoms with Crippen molar-refractivity contribution >= 4 is 11.6 Å². The molecule has 0 saturated heterocycles. The van der Waals surface area contributed by atoms with Crippen molar-refractivity contribution in [3.05, 3.63) is 33.8 Å². The smallest absolute Gasteiger partial charge is 0.0825 e. The van der Waals surface area contributed by atoms with Crippen molar-refractivity contribution in [3.8, 4) is 6.07 Å². The summed E-state index contributed by atoms with van der Waals surface area (Å²) in [6, 6.07) is 6.53. The molecule has 0 atom stereocenters. The number of aryl methyl sites for hydroxylation is 2. The highest BCUT2D eigenvalue weighted by Gasteiger charge is 2.40. The summed E-state index contributed by atoms with van der Waals surface area (Å²) in [4.78, 5) is 0. The standard InChI is InChI=1S/C13H14ClN/c1-9-7-12(14)10(2)6-11(9)13(8-15)4-3-5-13/h6-7H,3-5H2,1-2H3. The molecule has 0 amide bonds. The second-order valence-electron chi connectivity index (χ2n) is 4.46. The molecule has 15 heavy (non-hydrogen) atoms. The fourth-order valence-corrected chi connectivity index (χ4v) is 2.49. The van der Waals surface area contributed by atoms with Gasteiger partial charge in [-0.2, -0.15) is 5.26 Å². The van der Waals surface area contributed by atoms with Gasteiger partial charge in [0.15, 0.2) is 0 Å². The first-order valence-corrected chi connectivity index (χ1v) is 5.65. The maximum atomic E-state index is 9.29. The van der Waals surface area contributed by atoms with Crippen LogP contribution in [-0.4, -0.2) is 0 Å². The van der Waals surface area contributed by atoms with Gasteiger partial charge in [-0.15, -0.1) is 0 Å². The number of nitrogens with zero attached hydrogens (tertiary/aromatic N) is 1. The summed E-state index contributed by atoms with van der Waals surface area (Å²) in [7, 11) is 0. The summed E-state index contributed by atoms with van der Waals surface area (Å²) in [5.41, 5.74) is 3.17. The quantitative estimate of drug-likeness (QED) is 0.703. The Balaban J connectivity index is 2.54. The zero-order valence-electron chi connectivity index (χ0n) is 9.10. The van der Waals surface area contributed by atoms with Crippen molar-refractivity contribution in [3.63, 3.8) is 0 Å². The number of rotatable bonds is 1. The zero-order valence-corrected chi connectivity index (χ0v) is 9.86. The first-order chi connectivity index (χ1) is 7.09. The molecule has 1 aliphatic rings. The molecular weight excluding hydrogens is 206 g/mol. The van der Waals surface area contributed by atoms with Crippen LogP contribution in [0.5, 0.6) is 0 Å². The van der Waals surface area contributed by atoms with Gasteiger partial charge < -0.3 is 0 Å². The maximum Gasteiger partial charge on any atom is 0.0825 e. The molecule has 1 saturated carbocycles. The van der Waals surface area contributed by atoms with Gasteiger partial charge in [0.2, 0.25) is 0 Å². The average Bonchev–Trinajstić information content (AvgIpc) is 2.12. The number of hydrogen-bond donors (Lipinski definition) is 0. The minimum Gasteiger partial charge on any atom is -0.197 e. The van der Waals surface area contributed by atoms with Gasteiger partial charge in [-0.25, -0.2) is 0 Å². The Morgan fingerprint density at radius 3 is 2.40 bits per heavy atom. The third-order valence-corrected chi connectivity index (χ3v) is 3.85. The van der Waals surface area contributed by atoms with E-state index in [1.807, 2.05) is 19.9 Å². The third-order valence-electron chi connectivity index (χ3n) is 3.44. The maximum absolute atomic E-state index is 9.29. The van der Waals surface area contributed by atoms with Crippen LogP contribution in [0.2, 0.25) is 5.02 Å². The van der Waals surface area contributed by atoms with E-state index in [1.165, 1.54) is 5.56 Å². The summed E-state index contributed by atoms with van der Waals surface area (Å²) >= 11 is 6.06. The van der Waals surface area contributed by atoms with E-state index in [4.69, 9.17) is 11.6 Å². The summed E-state index contributed by atoms with van der Waals surface area (Å²) < 4.78 is 0. The highest BCUT2D eigenvalue weighted by molar-refractivity contribution is 6.31. The average molecular weight is 220 g/mol.